The summed E-state index contributed by atoms with van der Waals surface area (Å²) in [5.41, 5.74) is 5.55. The monoisotopic (exact) mass is 276 g/mol. The van der Waals surface area contributed by atoms with Gasteiger partial charge in [-0.15, -0.1) is 11.3 Å². The van der Waals surface area contributed by atoms with Crippen molar-refractivity contribution in [3.8, 4) is 0 Å². The maximum atomic E-state index is 11.8. The summed E-state index contributed by atoms with van der Waals surface area (Å²) in [6.45, 7) is 2.01. The lowest BCUT2D eigenvalue weighted by molar-refractivity contribution is 0.0950. The fourth-order valence-corrected chi connectivity index (χ4v) is 2.47. The summed E-state index contributed by atoms with van der Waals surface area (Å²) in [6.07, 6.45) is 1.64. The number of thiocarbonyl (C=S) groups is 1. The molecule has 0 aliphatic heterocycles. The quantitative estimate of drug-likeness (QED) is 0.813. The number of hydrogen-bond acceptors (Lipinski definition) is 3. The summed E-state index contributed by atoms with van der Waals surface area (Å²) < 4.78 is 0. The highest BCUT2D eigenvalue weighted by Gasteiger charge is 2.18. The van der Waals surface area contributed by atoms with Crippen LogP contribution >= 0.6 is 35.2 Å². The molecule has 1 amide bonds. The highest BCUT2D eigenvalue weighted by molar-refractivity contribution is 7.80. The Morgan fingerprint density at radius 1 is 1.75 bits per heavy atom. The molecule has 0 aromatic carbocycles. The van der Waals surface area contributed by atoms with E-state index in [1.807, 2.05) is 6.92 Å². The van der Waals surface area contributed by atoms with E-state index < -0.39 is 0 Å². The molecule has 1 aromatic rings. The van der Waals surface area contributed by atoms with E-state index in [4.69, 9.17) is 29.6 Å². The van der Waals surface area contributed by atoms with Gasteiger partial charge in [-0.1, -0.05) is 37.2 Å². The molecule has 0 bridgehead atoms. The largest absolute Gasteiger partial charge is 0.392 e. The fourth-order valence-electron chi connectivity index (χ4n) is 1.25. The van der Waals surface area contributed by atoms with Gasteiger partial charge in [-0.05, 0) is 17.9 Å². The number of amides is 1. The van der Waals surface area contributed by atoms with Gasteiger partial charge in [0.1, 0.15) is 4.88 Å². The van der Waals surface area contributed by atoms with Crippen LogP contribution in [0.25, 0.3) is 0 Å². The van der Waals surface area contributed by atoms with Crippen LogP contribution in [0.3, 0.4) is 0 Å². The molecule has 1 atom stereocenters. The zero-order chi connectivity index (χ0) is 12.1. The van der Waals surface area contributed by atoms with Crippen molar-refractivity contribution in [1.29, 1.82) is 0 Å². The Balaban J connectivity index is 2.69. The van der Waals surface area contributed by atoms with Crippen LogP contribution in [0.4, 0.5) is 0 Å². The number of carbonyl (C=O) groups is 1. The van der Waals surface area contributed by atoms with Crippen LogP contribution in [0.2, 0.25) is 5.02 Å². The number of nitrogens with two attached hydrogens (primary N) is 1. The molecule has 0 aliphatic carbocycles. The van der Waals surface area contributed by atoms with Crippen molar-refractivity contribution in [1.82, 2.24) is 5.32 Å². The number of halogens is 1. The number of nitrogens with one attached hydrogen (secondary N) is 1. The van der Waals surface area contributed by atoms with Crippen LogP contribution in [0.15, 0.2) is 11.4 Å². The van der Waals surface area contributed by atoms with Crippen molar-refractivity contribution in [3.63, 3.8) is 0 Å². The van der Waals surface area contributed by atoms with Crippen LogP contribution in [0.1, 0.15) is 29.4 Å². The van der Waals surface area contributed by atoms with Gasteiger partial charge in [-0.2, -0.15) is 0 Å². The van der Waals surface area contributed by atoms with E-state index in [1.54, 1.807) is 11.4 Å². The van der Waals surface area contributed by atoms with Gasteiger partial charge in [-0.25, -0.2) is 0 Å². The first-order valence-corrected chi connectivity index (χ1v) is 6.56. The minimum atomic E-state index is -0.259. The number of hydrogen-bond donors (Lipinski definition) is 2. The minimum Gasteiger partial charge on any atom is -0.392 e. The van der Waals surface area contributed by atoms with Gasteiger partial charge < -0.3 is 11.1 Å². The lowest BCUT2D eigenvalue weighted by Crippen LogP contribution is -2.43. The number of rotatable bonds is 5. The molecule has 1 heterocycles. The third kappa shape index (κ3) is 3.43. The van der Waals surface area contributed by atoms with E-state index in [0.29, 0.717) is 14.9 Å². The number of thiophene rings is 1. The SMILES string of the molecule is CCCC(NC(=O)c1sccc1Cl)C(N)=S. The molecule has 88 valence electrons. The standard InChI is InChI=1S/C10H13ClN2OS2/c1-2-3-7(9(12)15)13-10(14)8-6(11)4-5-16-8/h4-5,7H,2-3H2,1H3,(H2,12,15)(H,13,14). The second-order valence-electron chi connectivity index (χ2n) is 3.31. The van der Waals surface area contributed by atoms with E-state index >= 15 is 0 Å². The predicted octanol–water partition coefficient (Wildman–Crippen LogP) is 2.59. The van der Waals surface area contributed by atoms with Crippen molar-refractivity contribution in [2.24, 2.45) is 5.73 Å². The fraction of sp³-hybridized carbons (Fsp3) is 0.400. The van der Waals surface area contributed by atoms with Crippen LogP contribution in [0.5, 0.6) is 0 Å². The first-order chi connectivity index (χ1) is 7.56. The Labute approximate surface area is 109 Å². The van der Waals surface area contributed by atoms with Gasteiger partial charge in [0.15, 0.2) is 0 Å². The third-order valence-electron chi connectivity index (χ3n) is 2.05. The summed E-state index contributed by atoms with van der Waals surface area (Å²) in [5.74, 6) is -0.216. The second-order valence-corrected chi connectivity index (χ2v) is 5.11. The zero-order valence-corrected chi connectivity index (χ0v) is 11.2. The molecule has 6 heteroatoms. The van der Waals surface area contributed by atoms with Gasteiger partial charge in [0.05, 0.1) is 16.1 Å². The van der Waals surface area contributed by atoms with Crippen LogP contribution in [-0.2, 0) is 0 Å². The van der Waals surface area contributed by atoms with E-state index in [0.717, 1.165) is 12.8 Å². The molecule has 16 heavy (non-hydrogen) atoms. The van der Waals surface area contributed by atoms with Gasteiger partial charge in [0, 0.05) is 0 Å². The molecule has 0 saturated heterocycles. The van der Waals surface area contributed by atoms with E-state index in [9.17, 15) is 4.79 Å². The number of carbonyl (C=O) groups excluding carboxylic acids is 1. The van der Waals surface area contributed by atoms with Gasteiger partial charge >= 0.3 is 0 Å². The summed E-state index contributed by atoms with van der Waals surface area (Å²) in [5, 5.41) is 5.01. The highest BCUT2D eigenvalue weighted by Crippen LogP contribution is 2.21. The highest BCUT2D eigenvalue weighted by atomic mass is 35.5. The summed E-state index contributed by atoms with van der Waals surface area (Å²) in [7, 11) is 0. The summed E-state index contributed by atoms with van der Waals surface area (Å²) >= 11 is 12.1. The van der Waals surface area contributed by atoms with E-state index in [2.05, 4.69) is 5.32 Å². The zero-order valence-electron chi connectivity index (χ0n) is 8.83. The summed E-state index contributed by atoms with van der Waals surface area (Å²) in [4.78, 5) is 12.6. The summed E-state index contributed by atoms with van der Waals surface area (Å²) in [6, 6.07) is 1.43. The topological polar surface area (TPSA) is 55.1 Å². The van der Waals surface area contributed by atoms with Crippen molar-refractivity contribution in [2.75, 3.05) is 0 Å². The van der Waals surface area contributed by atoms with Gasteiger partial charge in [-0.3, -0.25) is 4.79 Å². The maximum Gasteiger partial charge on any atom is 0.263 e. The lowest BCUT2D eigenvalue weighted by atomic mass is 10.1. The Bertz CT molecular complexity index is 392. The average molecular weight is 277 g/mol. The van der Waals surface area contributed by atoms with Gasteiger partial charge in [0.25, 0.3) is 5.91 Å². The molecule has 3 N–H and O–H groups in total. The Morgan fingerprint density at radius 3 is 2.88 bits per heavy atom. The molecule has 0 radical (unpaired) electrons. The first kappa shape index (κ1) is 13.4. The molecule has 1 aromatic heterocycles. The van der Waals surface area contributed by atoms with Crippen molar-refractivity contribution >= 4 is 46.1 Å². The normalized spacial score (nSPS) is 12.1. The molecular weight excluding hydrogens is 264 g/mol. The molecule has 0 saturated carbocycles. The molecule has 0 spiro atoms. The molecule has 3 nitrogen and oxygen atoms in total. The van der Waals surface area contributed by atoms with Gasteiger partial charge in [0.2, 0.25) is 0 Å². The molecule has 0 aliphatic rings. The second kappa shape index (κ2) is 6.18. The van der Waals surface area contributed by atoms with Crippen molar-refractivity contribution in [3.05, 3.63) is 21.3 Å². The molecule has 0 fully saturated rings. The first-order valence-electron chi connectivity index (χ1n) is 4.89. The van der Waals surface area contributed by atoms with E-state index in [-0.39, 0.29) is 11.9 Å². The van der Waals surface area contributed by atoms with Crippen molar-refractivity contribution in [2.45, 2.75) is 25.8 Å². The maximum absolute atomic E-state index is 11.8. The lowest BCUT2D eigenvalue weighted by Gasteiger charge is -2.15. The predicted molar refractivity (Wildman–Crippen MR) is 72.3 cm³/mol. The van der Waals surface area contributed by atoms with E-state index in [1.165, 1.54) is 11.3 Å². The van der Waals surface area contributed by atoms with Crippen LogP contribution < -0.4 is 11.1 Å². The van der Waals surface area contributed by atoms with Crippen molar-refractivity contribution < 1.29 is 4.79 Å². The Hall–Kier alpha value is -0.650. The van der Waals surface area contributed by atoms with Crippen LogP contribution in [0, 0.1) is 0 Å². The average Bonchev–Trinajstić information content (AvgIpc) is 2.63. The molecule has 1 rings (SSSR count). The minimum absolute atomic E-state index is 0.216. The molecule has 1 unspecified atom stereocenters. The smallest absolute Gasteiger partial charge is 0.263 e. The van der Waals surface area contributed by atoms with Crippen LogP contribution in [-0.4, -0.2) is 16.9 Å². The Morgan fingerprint density at radius 2 is 2.44 bits per heavy atom. The molecular formula is C10H13ClN2OS2. The Kier molecular flexibility index (Phi) is 5.18. The third-order valence-corrected chi connectivity index (χ3v) is 3.67.